The van der Waals surface area contributed by atoms with Crippen LogP contribution >= 0.6 is 0 Å². The van der Waals surface area contributed by atoms with Crippen molar-refractivity contribution >= 4 is 15.7 Å². The Labute approximate surface area is 140 Å². The zero-order valence-corrected chi connectivity index (χ0v) is 14.2. The van der Waals surface area contributed by atoms with E-state index in [0.717, 1.165) is 11.8 Å². The smallest absolute Gasteiger partial charge is 0.335 e. The van der Waals surface area contributed by atoms with E-state index in [-0.39, 0.29) is 17.0 Å². The lowest BCUT2D eigenvalue weighted by atomic mass is 9.96. The Morgan fingerprint density at radius 1 is 1.21 bits per heavy atom. The minimum atomic E-state index is -3.48. The van der Waals surface area contributed by atoms with E-state index >= 15 is 0 Å². The largest absolute Gasteiger partial charge is 0.412 e. The van der Waals surface area contributed by atoms with Crippen LogP contribution < -0.4 is 0 Å². The molecule has 0 bridgehead atoms. The van der Waals surface area contributed by atoms with Crippen LogP contribution in [0.15, 0.2) is 40.0 Å². The van der Waals surface area contributed by atoms with Crippen LogP contribution in [0.4, 0.5) is 0 Å². The van der Waals surface area contributed by atoms with Crippen LogP contribution in [0, 0.1) is 0 Å². The maximum atomic E-state index is 12.3. The molecule has 1 amide bonds. The minimum absolute atomic E-state index is 0.00576. The van der Waals surface area contributed by atoms with Gasteiger partial charge in [0.1, 0.15) is 0 Å². The summed E-state index contributed by atoms with van der Waals surface area (Å²) in [5, 5.41) is 7.08. The molecule has 2 heterocycles. The van der Waals surface area contributed by atoms with Gasteiger partial charge in [-0.1, -0.05) is 35.4 Å². The third kappa shape index (κ3) is 3.81. The maximum absolute atomic E-state index is 12.3. The first-order valence-corrected chi connectivity index (χ1v) is 9.68. The Morgan fingerprint density at radius 2 is 1.88 bits per heavy atom. The summed E-state index contributed by atoms with van der Waals surface area (Å²) in [6, 6.07) is 9.65. The molecule has 128 valence electrons. The summed E-state index contributed by atoms with van der Waals surface area (Å²) in [7, 11) is -3.48. The number of aromatic nitrogens is 2. The van der Waals surface area contributed by atoms with Gasteiger partial charge in [-0.2, -0.15) is 0 Å². The van der Waals surface area contributed by atoms with Crippen LogP contribution in [0.2, 0.25) is 0 Å². The van der Waals surface area contributed by atoms with E-state index in [1.807, 2.05) is 35.2 Å². The van der Waals surface area contributed by atoms with Gasteiger partial charge in [-0.3, -0.25) is 4.79 Å². The molecule has 2 aromatic rings. The number of carbonyl (C=O) groups is 1. The van der Waals surface area contributed by atoms with E-state index in [2.05, 4.69) is 10.2 Å². The van der Waals surface area contributed by atoms with Crippen molar-refractivity contribution in [3.05, 3.63) is 41.8 Å². The number of sulfone groups is 1. The molecule has 8 heteroatoms. The third-order valence-electron chi connectivity index (χ3n) is 4.13. The minimum Gasteiger partial charge on any atom is -0.412 e. The van der Waals surface area contributed by atoms with Crippen LogP contribution in [-0.4, -0.2) is 48.8 Å². The molecule has 0 spiro atoms. The molecule has 1 saturated heterocycles. The Balaban J connectivity index is 1.57. The number of rotatable bonds is 4. The van der Waals surface area contributed by atoms with Crippen molar-refractivity contribution in [3.63, 3.8) is 0 Å². The lowest BCUT2D eigenvalue weighted by molar-refractivity contribution is -0.131. The molecule has 1 aromatic heterocycles. The standard InChI is InChI=1S/C16H19N3O4S/c1-24(21,22)16-18-17-15(23-16)13-7-9-19(10-8-13)14(20)11-12-5-3-2-4-6-12/h2-6,13H,7-11H2,1H3. The summed E-state index contributed by atoms with van der Waals surface area (Å²) >= 11 is 0. The summed E-state index contributed by atoms with van der Waals surface area (Å²) < 4.78 is 28.1. The number of benzene rings is 1. The summed E-state index contributed by atoms with van der Waals surface area (Å²) in [5.41, 5.74) is 0.999. The van der Waals surface area contributed by atoms with Crippen molar-refractivity contribution in [2.24, 2.45) is 0 Å². The molecule has 0 aliphatic carbocycles. The van der Waals surface area contributed by atoms with Crippen LogP contribution in [-0.2, 0) is 21.1 Å². The van der Waals surface area contributed by atoms with E-state index in [1.165, 1.54) is 0 Å². The maximum Gasteiger partial charge on any atom is 0.335 e. The molecule has 24 heavy (non-hydrogen) atoms. The number of carbonyl (C=O) groups excluding carboxylic acids is 1. The van der Waals surface area contributed by atoms with Gasteiger partial charge in [-0.15, -0.1) is 5.10 Å². The van der Waals surface area contributed by atoms with Gasteiger partial charge in [0.15, 0.2) is 0 Å². The van der Waals surface area contributed by atoms with E-state index < -0.39 is 9.84 Å². The van der Waals surface area contributed by atoms with Gasteiger partial charge in [-0.25, -0.2) is 8.42 Å². The van der Waals surface area contributed by atoms with Crippen molar-refractivity contribution in [1.29, 1.82) is 0 Å². The molecule has 1 aliphatic rings. The fourth-order valence-electron chi connectivity index (χ4n) is 2.79. The fraction of sp³-hybridized carbons (Fsp3) is 0.438. The van der Waals surface area contributed by atoms with Crippen LogP contribution in [0.5, 0.6) is 0 Å². The third-order valence-corrected chi connectivity index (χ3v) is 4.93. The Bertz CT molecular complexity index is 809. The molecule has 1 aromatic carbocycles. The average molecular weight is 349 g/mol. The van der Waals surface area contributed by atoms with Crippen molar-refractivity contribution in [1.82, 2.24) is 15.1 Å². The van der Waals surface area contributed by atoms with Gasteiger partial charge >= 0.3 is 5.22 Å². The summed E-state index contributed by atoms with van der Waals surface area (Å²) in [6.07, 6.45) is 2.80. The Morgan fingerprint density at radius 3 is 2.46 bits per heavy atom. The number of amides is 1. The first-order chi connectivity index (χ1) is 11.4. The molecule has 1 aliphatic heterocycles. The molecule has 7 nitrogen and oxygen atoms in total. The average Bonchev–Trinajstić information content (AvgIpc) is 3.06. The highest BCUT2D eigenvalue weighted by Gasteiger charge is 2.28. The van der Waals surface area contributed by atoms with Crippen molar-refractivity contribution in [2.75, 3.05) is 19.3 Å². The molecule has 0 atom stereocenters. The Hall–Kier alpha value is -2.22. The molecular weight excluding hydrogens is 330 g/mol. The lowest BCUT2D eigenvalue weighted by Gasteiger charge is -2.30. The number of piperidine rings is 1. The number of likely N-dealkylation sites (tertiary alicyclic amines) is 1. The predicted molar refractivity (Wildman–Crippen MR) is 86.1 cm³/mol. The number of nitrogens with zero attached hydrogens (tertiary/aromatic N) is 3. The molecule has 0 unspecified atom stereocenters. The van der Waals surface area contributed by atoms with Gasteiger partial charge in [0, 0.05) is 25.3 Å². The second-order valence-corrected chi connectivity index (χ2v) is 7.89. The van der Waals surface area contributed by atoms with Crippen molar-refractivity contribution in [3.8, 4) is 0 Å². The zero-order valence-electron chi connectivity index (χ0n) is 13.4. The highest BCUT2D eigenvalue weighted by atomic mass is 32.2. The molecule has 0 N–H and O–H groups in total. The first kappa shape index (κ1) is 16.6. The van der Waals surface area contributed by atoms with Crippen LogP contribution in [0.25, 0.3) is 0 Å². The first-order valence-electron chi connectivity index (χ1n) is 7.78. The molecule has 0 saturated carbocycles. The SMILES string of the molecule is CS(=O)(=O)c1nnc(C2CCN(C(=O)Cc3ccccc3)CC2)o1. The van der Waals surface area contributed by atoms with Crippen molar-refractivity contribution in [2.45, 2.75) is 30.4 Å². The number of hydrogen-bond donors (Lipinski definition) is 0. The second-order valence-electron chi connectivity index (χ2n) is 6.00. The summed E-state index contributed by atoms with van der Waals surface area (Å²) in [5.74, 6) is 0.432. The van der Waals surface area contributed by atoms with E-state index in [1.54, 1.807) is 0 Å². The fourth-order valence-corrected chi connectivity index (χ4v) is 3.22. The van der Waals surface area contributed by atoms with Crippen LogP contribution in [0.1, 0.15) is 30.2 Å². The van der Waals surface area contributed by atoms with Gasteiger partial charge < -0.3 is 9.32 Å². The van der Waals surface area contributed by atoms with Gasteiger partial charge in [-0.05, 0) is 18.4 Å². The van der Waals surface area contributed by atoms with E-state index in [4.69, 9.17) is 4.42 Å². The summed E-state index contributed by atoms with van der Waals surface area (Å²) in [4.78, 5) is 14.2. The monoisotopic (exact) mass is 349 g/mol. The predicted octanol–water partition coefficient (Wildman–Crippen LogP) is 1.42. The quantitative estimate of drug-likeness (QED) is 0.829. The molecule has 3 rings (SSSR count). The second kappa shape index (κ2) is 6.72. The molecule has 1 fully saturated rings. The normalized spacial score (nSPS) is 16.3. The van der Waals surface area contributed by atoms with E-state index in [0.29, 0.717) is 38.2 Å². The highest BCUT2D eigenvalue weighted by molar-refractivity contribution is 7.90. The van der Waals surface area contributed by atoms with Crippen LogP contribution in [0.3, 0.4) is 0 Å². The topological polar surface area (TPSA) is 93.4 Å². The molecular formula is C16H19N3O4S. The van der Waals surface area contributed by atoms with Gasteiger partial charge in [0.25, 0.3) is 0 Å². The van der Waals surface area contributed by atoms with Gasteiger partial charge in [0.2, 0.25) is 21.6 Å². The molecule has 0 radical (unpaired) electrons. The number of hydrogen-bond acceptors (Lipinski definition) is 6. The lowest BCUT2D eigenvalue weighted by Crippen LogP contribution is -2.38. The zero-order chi connectivity index (χ0) is 17.2. The van der Waals surface area contributed by atoms with Crippen molar-refractivity contribution < 1.29 is 17.6 Å². The Kier molecular flexibility index (Phi) is 4.66. The van der Waals surface area contributed by atoms with Gasteiger partial charge in [0.05, 0.1) is 6.42 Å². The summed E-state index contributed by atoms with van der Waals surface area (Å²) in [6.45, 7) is 1.21. The van der Waals surface area contributed by atoms with E-state index in [9.17, 15) is 13.2 Å². The highest BCUT2D eigenvalue weighted by Crippen LogP contribution is 2.28.